The fraction of sp³-hybridized carbons (Fsp3) is 0. The van der Waals surface area contributed by atoms with Gasteiger partial charge in [0, 0.05) is 24.2 Å². The summed E-state index contributed by atoms with van der Waals surface area (Å²) in [5.41, 5.74) is 3.94. The van der Waals surface area contributed by atoms with Crippen molar-refractivity contribution in [1.82, 2.24) is 24.9 Å². The van der Waals surface area contributed by atoms with Crippen LogP contribution < -0.4 is 0 Å². The van der Waals surface area contributed by atoms with Crippen LogP contribution in [-0.2, 0) is 0 Å². The van der Waals surface area contributed by atoms with Crippen molar-refractivity contribution >= 4 is 15.9 Å². The number of nitrogens with zero attached hydrogens (tertiary/aromatic N) is 5. The van der Waals surface area contributed by atoms with E-state index in [1.165, 1.54) is 0 Å². The Kier molecular flexibility index (Phi) is 4.26. The molecule has 0 amide bonds. The fourth-order valence-electron chi connectivity index (χ4n) is 2.43. The summed E-state index contributed by atoms with van der Waals surface area (Å²) in [6.07, 6.45) is 5.22. The third-order valence-electron chi connectivity index (χ3n) is 3.56. The normalized spacial score (nSPS) is 10.6. The molecular weight excluding hydrogens is 378 g/mol. The second-order valence-electron chi connectivity index (χ2n) is 5.26. The van der Waals surface area contributed by atoms with E-state index in [1.54, 1.807) is 24.7 Å². The van der Waals surface area contributed by atoms with Gasteiger partial charge < -0.3 is 0 Å². The minimum Gasteiger partial charge on any atom is -0.255 e. The summed E-state index contributed by atoms with van der Waals surface area (Å²) in [7, 11) is 0. The second kappa shape index (κ2) is 6.86. The molecule has 120 valence electrons. The maximum absolute atomic E-state index is 4.73. The lowest BCUT2D eigenvalue weighted by Gasteiger charge is -2.08. The molecule has 0 aliphatic rings. The molecule has 4 aromatic rings. The average Bonchev–Trinajstić information content (AvgIpc) is 2.69. The zero-order valence-corrected chi connectivity index (χ0v) is 14.6. The van der Waals surface area contributed by atoms with Crippen molar-refractivity contribution in [1.29, 1.82) is 0 Å². The van der Waals surface area contributed by atoms with Crippen LogP contribution >= 0.6 is 15.9 Å². The number of pyridine rings is 3. The van der Waals surface area contributed by atoms with Crippen LogP contribution in [0.2, 0.25) is 0 Å². The Morgan fingerprint density at radius 3 is 1.76 bits per heavy atom. The Morgan fingerprint density at radius 2 is 1.24 bits per heavy atom. The highest BCUT2D eigenvalue weighted by molar-refractivity contribution is 9.10. The van der Waals surface area contributed by atoms with Crippen LogP contribution in [0.15, 0.2) is 77.8 Å². The summed E-state index contributed by atoms with van der Waals surface area (Å²) in [5, 5.41) is 0. The van der Waals surface area contributed by atoms with E-state index in [1.807, 2.05) is 48.5 Å². The molecule has 0 saturated carbocycles. The molecule has 4 aromatic heterocycles. The third-order valence-corrected chi connectivity index (χ3v) is 4.00. The monoisotopic (exact) mass is 389 g/mol. The van der Waals surface area contributed by atoms with Crippen molar-refractivity contribution in [2.45, 2.75) is 0 Å². The van der Waals surface area contributed by atoms with E-state index in [4.69, 9.17) is 4.98 Å². The Hall–Kier alpha value is -2.99. The predicted molar refractivity (Wildman–Crippen MR) is 99.4 cm³/mol. The van der Waals surface area contributed by atoms with Gasteiger partial charge in [0.05, 0.1) is 22.8 Å². The summed E-state index contributed by atoms with van der Waals surface area (Å²) >= 11 is 3.39. The van der Waals surface area contributed by atoms with Crippen molar-refractivity contribution < 1.29 is 0 Å². The average molecular weight is 390 g/mol. The van der Waals surface area contributed by atoms with Crippen LogP contribution in [0.25, 0.3) is 34.2 Å². The summed E-state index contributed by atoms with van der Waals surface area (Å²) in [6, 6.07) is 17.2. The molecule has 0 aromatic carbocycles. The van der Waals surface area contributed by atoms with Gasteiger partial charge in [-0.05, 0) is 58.4 Å². The van der Waals surface area contributed by atoms with E-state index in [0.717, 1.165) is 32.9 Å². The molecular formula is C19H12BrN5. The maximum Gasteiger partial charge on any atom is 0.160 e. The van der Waals surface area contributed by atoms with Crippen molar-refractivity contribution in [3.05, 3.63) is 77.8 Å². The summed E-state index contributed by atoms with van der Waals surface area (Å²) < 4.78 is 0.730. The lowest BCUT2D eigenvalue weighted by atomic mass is 10.1. The second-order valence-corrected chi connectivity index (χ2v) is 6.07. The largest absolute Gasteiger partial charge is 0.255 e. The first kappa shape index (κ1) is 15.5. The number of aromatic nitrogens is 5. The molecule has 25 heavy (non-hydrogen) atoms. The highest BCUT2D eigenvalue weighted by Crippen LogP contribution is 2.27. The minimum absolute atomic E-state index is 0.617. The van der Waals surface area contributed by atoms with Crippen LogP contribution in [0.3, 0.4) is 0 Å². The van der Waals surface area contributed by atoms with Gasteiger partial charge in [-0.15, -0.1) is 0 Å². The molecule has 5 nitrogen and oxygen atoms in total. The van der Waals surface area contributed by atoms with Crippen molar-refractivity contribution in [3.8, 4) is 34.2 Å². The Balaban J connectivity index is 1.92. The molecule has 0 atom stereocenters. The van der Waals surface area contributed by atoms with Gasteiger partial charge in [-0.1, -0.05) is 12.1 Å². The number of halogens is 1. The minimum atomic E-state index is 0.617. The Bertz CT molecular complexity index is 949. The molecule has 0 aliphatic heterocycles. The van der Waals surface area contributed by atoms with E-state index in [0.29, 0.717) is 5.82 Å². The molecule has 0 saturated heterocycles. The summed E-state index contributed by atoms with van der Waals surface area (Å²) in [6.45, 7) is 0. The zero-order valence-electron chi connectivity index (χ0n) is 13.0. The number of hydrogen-bond acceptors (Lipinski definition) is 5. The summed E-state index contributed by atoms with van der Waals surface area (Å²) in [4.78, 5) is 22.4. The first-order valence-electron chi connectivity index (χ1n) is 7.63. The lowest BCUT2D eigenvalue weighted by Crippen LogP contribution is -1.96. The molecule has 6 heteroatoms. The van der Waals surface area contributed by atoms with Crippen molar-refractivity contribution in [3.63, 3.8) is 0 Å². The van der Waals surface area contributed by atoms with Crippen LogP contribution in [0, 0.1) is 0 Å². The molecule has 0 unspecified atom stereocenters. The van der Waals surface area contributed by atoms with E-state index in [2.05, 4.69) is 35.9 Å². The molecule has 0 aliphatic carbocycles. The molecule has 0 fully saturated rings. The third kappa shape index (κ3) is 3.44. The van der Waals surface area contributed by atoms with E-state index in [9.17, 15) is 0 Å². The van der Waals surface area contributed by atoms with Gasteiger partial charge in [-0.25, -0.2) is 15.0 Å². The molecule has 0 bridgehead atoms. The van der Waals surface area contributed by atoms with Gasteiger partial charge in [-0.3, -0.25) is 9.97 Å². The first-order valence-corrected chi connectivity index (χ1v) is 8.43. The zero-order chi connectivity index (χ0) is 17.1. The van der Waals surface area contributed by atoms with Gasteiger partial charge in [0.15, 0.2) is 5.82 Å². The molecule has 0 N–H and O–H groups in total. The smallest absolute Gasteiger partial charge is 0.160 e. The Morgan fingerprint density at radius 1 is 0.600 bits per heavy atom. The Labute approximate surface area is 153 Å². The van der Waals surface area contributed by atoms with Gasteiger partial charge in [0.2, 0.25) is 0 Å². The van der Waals surface area contributed by atoms with Crippen LogP contribution in [-0.4, -0.2) is 24.9 Å². The number of hydrogen-bond donors (Lipinski definition) is 0. The van der Waals surface area contributed by atoms with E-state index < -0.39 is 0 Å². The topological polar surface area (TPSA) is 64.5 Å². The van der Waals surface area contributed by atoms with Crippen molar-refractivity contribution in [2.75, 3.05) is 0 Å². The quantitative estimate of drug-likeness (QED) is 0.485. The highest BCUT2D eigenvalue weighted by atomic mass is 79.9. The molecule has 0 radical (unpaired) electrons. The van der Waals surface area contributed by atoms with Gasteiger partial charge in [-0.2, -0.15) is 0 Å². The van der Waals surface area contributed by atoms with Crippen LogP contribution in [0.5, 0.6) is 0 Å². The van der Waals surface area contributed by atoms with Crippen LogP contribution in [0.4, 0.5) is 0 Å². The van der Waals surface area contributed by atoms with Crippen LogP contribution in [0.1, 0.15) is 0 Å². The standard InChI is InChI=1S/C19H12BrN5/c20-18-7-10-23-19(25-18)13-11-16(14-5-1-3-8-21-14)24-17(12-13)15-6-2-4-9-22-15/h1-12H. The van der Waals surface area contributed by atoms with Gasteiger partial charge in [0.25, 0.3) is 0 Å². The molecule has 4 heterocycles. The SMILES string of the molecule is Brc1ccnc(-c2cc(-c3ccccn3)nc(-c3ccccn3)c2)n1. The fourth-order valence-corrected chi connectivity index (χ4v) is 2.71. The molecule has 0 spiro atoms. The number of rotatable bonds is 3. The predicted octanol–water partition coefficient (Wildman–Crippen LogP) is 4.43. The molecule has 4 rings (SSSR count). The van der Waals surface area contributed by atoms with E-state index >= 15 is 0 Å². The summed E-state index contributed by atoms with van der Waals surface area (Å²) in [5.74, 6) is 0.617. The van der Waals surface area contributed by atoms with Gasteiger partial charge in [0.1, 0.15) is 4.60 Å². The lowest BCUT2D eigenvalue weighted by molar-refractivity contribution is 1.14. The van der Waals surface area contributed by atoms with E-state index in [-0.39, 0.29) is 0 Å². The van der Waals surface area contributed by atoms with Crippen molar-refractivity contribution in [2.24, 2.45) is 0 Å². The van der Waals surface area contributed by atoms with Gasteiger partial charge >= 0.3 is 0 Å². The first-order chi connectivity index (χ1) is 12.3. The highest BCUT2D eigenvalue weighted by Gasteiger charge is 2.11. The maximum atomic E-state index is 4.73.